The highest BCUT2D eigenvalue weighted by atomic mass is 19.1. The molecule has 0 unspecified atom stereocenters. The molecule has 0 saturated carbocycles. The van der Waals surface area contributed by atoms with Gasteiger partial charge in [0.1, 0.15) is 5.82 Å². The summed E-state index contributed by atoms with van der Waals surface area (Å²) in [5.41, 5.74) is 8.40. The normalized spacial score (nSPS) is 9.47. The molecule has 0 aromatic heterocycles. The molecule has 0 aliphatic rings. The Morgan fingerprint density at radius 3 is 2.94 bits per heavy atom. The quantitative estimate of drug-likeness (QED) is 0.349. The Balaban J connectivity index is 2.30. The first kappa shape index (κ1) is 13.0. The summed E-state index contributed by atoms with van der Waals surface area (Å²) in [4.78, 5) is 14.0. The van der Waals surface area contributed by atoms with Gasteiger partial charge in [0.25, 0.3) is 0 Å². The van der Waals surface area contributed by atoms with Gasteiger partial charge in [0.2, 0.25) is 5.91 Å². The van der Waals surface area contributed by atoms with E-state index in [1.807, 2.05) is 0 Å². The van der Waals surface area contributed by atoms with E-state index in [1.54, 1.807) is 18.2 Å². The van der Waals surface area contributed by atoms with Crippen molar-refractivity contribution in [3.63, 3.8) is 0 Å². The minimum atomic E-state index is -0.378. The maximum Gasteiger partial charge on any atom is 0.224 e. The summed E-state index contributed by atoms with van der Waals surface area (Å²) < 4.78 is 13.2. The second-order valence-electron chi connectivity index (χ2n) is 3.43. The van der Waals surface area contributed by atoms with E-state index >= 15 is 0 Å². The zero-order valence-corrected chi connectivity index (χ0v) is 9.27. The summed E-state index contributed by atoms with van der Waals surface area (Å²) in [6.07, 6.45) is 0.598. The molecule has 0 radical (unpaired) electrons. The smallest absolute Gasteiger partial charge is 0.224 e. The molecule has 0 fully saturated rings. The van der Waals surface area contributed by atoms with Crippen LogP contribution in [0.4, 0.5) is 4.39 Å². The van der Waals surface area contributed by atoms with Gasteiger partial charge in [0.15, 0.2) is 0 Å². The summed E-state index contributed by atoms with van der Waals surface area (Å²) in [5.74, 6) is -0.618. The van der Waals surface area contributed by atoms with Gasteiger partial charge in [-0.3, -0.25) is 4.79 Å². The monoisotopic (exact) mass is 236 g/mol. The van der Waals surface area contributed by atoms with Crippen LogP contribution in [-0.4, -0.2) is 19.0 Å². The maximum absolute atomic E-state index is 13.2. The molecule has 0 bridgehead atoms. The number of hydrogen-bond donors (Lipinski definition) is 1. The van der Waals surface area contributed by atoms with Crippen LogP contribution in [0.2, 0.25) is 0 Å². The average Bonchev–Trinajstić information content (AvgIpc) is 2.32. The van der Waals surface area contributed by atoms with Gasteiger partial charge >= 0.3 is 0 Å². The molecule has 1 rings (SSSR count). The zero-order chi connectivity index (χ0) is 12.5. The second-order valence-corrected chi connectivity index (χ2v) is 3.43. The lowest BCUT2D eigenvalue weighted by atomic mass is 10.1. The number of rotatable bonds is 6. The molecule has 0 atom stereocenters. The van der Waals surface area contributed by atoms with Crippen molar-refractivity contribution in [1.82, 2.24) is 5.32 Å². The molecule has 5 nitrogen and oxygen atoms in total. The van der Waals surface area contributed by atoms with Gasteiger partial charge in [-0.25, -0.2) is 4.39 Å². The van der Waals surface area contributed by atoms with Crippen molar-refractivity contribution < 1.29 is 9.18 Å². The molecule has 0 aliphatic carbocycles. The topological polar surface area (TPSA) is 77.9 Å². The fourth-order valence-corrected chi connectivity index (χ4v) is 1.30. The predicted molar refractivity (Wildman–Crippen MR) is 61.7 cm³/mol. The predicted octanol–water partition coefficient (Wildman–Crippen LogP) is 2.18. The van der Waals surface area contributed by atoms with Crippen LogP contribution in [0.15, 0.2) is 29.4 Å². The summed E-state index contributed by atoms with van der Waals surface area (Å²) in [6, 6.07) is 6.17. The van der Waals surface area contributed by atoms with Crippen LogP contribution < -0.4 is 5.32 Å². The Bertz CT molecular complexity index is 429. The number of nitrogens with zero attached hydrogens (tertiary/aromatic N) is 3. The highest BCUT2D eigenvalue weighted by Gasteiger charge is 2.06. The highest BCUT2D eigenvalue weighted by Crippen LogP contribution is 2.06. The van der Waals surface area contributed by atoms with Crippen LogP contribution >= 0.6 is 0 Å². The molecule has 6 heteroatoms. The van der Waals surface area contributed by atoms with Crippen molar-refractivity contribution in [1.29, 1.82) is 0 Å². The maximum atomic E-state index is 13.2. The molecule has 0 aliphatic heterocycles. The fraction of sp³-hybridized carbons (Fsp3) is 0.364. The Labute approximate surface area is 98.3 Å². The Hall–Kier alpha value is -2.07. The minimum absolute atomic E-state index is 0.0220. The van der Waals surface area contributed by atoms with E-state index in [2.05, 4.69) is 15.3 Å². The lowest BCUT2D eigenvalue weighted by molar-refractivity contribution is -0.120. The molecule has 0 spiro atoms. The van der Waals surface area contributed by atoms with Gasteiger partial charge < -0.3 is 5.32 Å². The first-order chi connectivity index (χ1) is 8.24. The summed E-state index contributed by atoms with van der Waals surface area (Å²) >= 11 is 0. The third kappa shape index (κ3) is 4.99. The Morgan fingerprint density at radius 2 is 2.24 bits per heavy atom. The largest absolute Gasteiger partial charge is 0.356 e. The van der Waals surface area contributed by atoms with Crippen LogP contribution in [0.1, 0.15) is 12.0 Å². The first-order valence-electron chi connectivity index (χ1n) is 5.25. The number of nitrogens with one attached hydrogen (secondary N) is 1. The van der Waals surface area contributed by atoms with Crippen molar-refractivity contribution in [2.45, 2.75) is 12.8 Å². The number of benzene rings is 1. The van der Waals surface area contributed by atoms with E-state index in [1.165, 1.54) is 6.07 Å². The molecule has 1 aromatic carbocycles. The number of carbonyl (C=O) groups is 1. The number of amides is 1. The van der Waals surface area contributed by atoms with Crippen molar-refractivity contribution in [2.75, 3.05) is 13.1 Å². The van der Waals surface area contributed by atoms with Gasteiger partial charge in [-0.1, -0.05) is 23.3 Å². The van der Waals surface area contributed by atoms with Crippen molar-refractivity contribution in [3.05, 3.63) is 46.1 Å². The molecule has 90 valence electrons. The van der Waals surface area contributed by atoms with Crippen molar-refractivity contribution in [3.8, 4) is 0 Å². The summed E-state index contributed by atoms with van der Waals surface area (Å²) in [5, 5.41) is 5.96. The van der Waals surface area contributed by atoms with E-state index in [-0.39, 0.29) is 18.1 Å². The fourth-order valence-electron chi connectivity index (χ4n) is 1.30. The van der Waals surface area contributed by atoms with E-state index in [0.717, 1.165) is 0 Å². The molecule has 1 N–H and O–H groups in total. The molecule has 1 aromatic rings. The van der Waals surface area contributed by atoms with Crippen molar-refractivity contribution >= 4 is 5.91 Å². The number of hydrogen-bond acceptors (Lipinski definition) is 2. The van der Waals surface area contributed by atoms with Gasteiger partial charge in [-0.15, -0.1) is 0 Å². The molecular weight excluding hydrogens is 223 g/mol. The lowest BCUT2D eigenvalue weighted by Gasteiger charge is -2.04. The van der Waals surface area contributed by atoms with E-state index in [4.69, 9.17) is 5.53 Å². The van der Waals surface area contributed by atoms with E-state index in [0.29, 0.717) is 25.1 Å². The lowest BCUT2D eigenvalue weighted by Crippen LogP contribution is -2.26. The van der Waals surface area contributed by atoms with Crippen LogP contribution in [0.5, 0.6) is 0 Å². The Morgan fingerprint density at radius 1 is 1.47 bits per heavy atom. The minimum Gasteiger partial charge on any atom is -0.356 e. The molecule has 1 amide bonds. The van der Waals surface area contributed by atoms with E-state index in [9.17, 15) is 9.18 Å². The van der Waals surface area contributed by atoms with Crippen LogP contribution in [0.25, 0.3) is 10.4 Å². The molecule has 0 saturated heterocycles. The highest BCUT2D eigenvalue weighted by molar-refractivity contribution is 5.78. The molecular formula is C11H13FN4O. The molecule has 0 heterocycles. The van der Waals surface area contributed by atoms with Gasteiger partial charge in [-0.2, -0.15) is 0 Å². The third-order valence-electron chi connectivity index (χ3n) is 2.13. The molecule has 17 heavy (non-hydrogen) atoms. The van der Waals surface area contributed by atoms with Crippen LogP contribution in [0, 0.1) is 5.82 Å². The number of carbonyl (C=O) groups excluding carboxylic acids is 1. The van der Waals surface area contributed by atoms with Crippen molar-refractivity contribution in [2.24, 2.45) is 5.11 Å². The number of halogens is 1. The summed E-state index contributed by atoms with van der Waals surface area (Å²) in [7, 11) is 0. The summed E-state index contributed by atoms with van der Waals surface area (Å²) in [6.45, 7) is 0.767. The average molecular weight is 236 g/mol. The van der Waals surface area contributed by atoms with E-state index < -0.39 is 0 Å². The van der Waals surface area contributed by atoms with Gasteiger partial charge in [-0.05, 0) is 23.6 Å². The third-order valence-corrected chi connectivity index (χ3v) is 2.13. The zero-order valence-electron chi connectivity index (χ0n) is 9.27. The van der Waals surface area contributed by atoms with Gasteiger partial charge in [0, 0.05) is 18.0 Å². The number of azide groups is 1. The van der Waals surface area contributed by atoms with Crippen LogP contribution in [0.3, 0.4) is 0 Å². The van der Waals surface area contributed by atoms with Crippen LogP contribution in [-0.2, 0) is 11.2 Å². The second kappa shape index (κ2) is 7.24. The SMILES string of the molecule is [N-]=[N+]=NCCCNC(=O)Cc1ccccc1F. The first-order valence-corrected chi connectivity index (χ1v) is 5.25. The van der Waals surface area contributed by atoms with Gasteiger partial charge in [0.05, 0.1) is 6.42 Å². The standard InChI is InChI=1S/C11H13FN4O/c12-10-5-2-1-4-9(10)8-11(17)14-6-3-7-15-16-13/h1-2,4-5H,3,6-8H2,(H,14,17). The Kier molecular flexibility index (Phi) is 5.54.